The van der Waals surface area contributed by atoms with Crippen molar-refractivity contribution >= 4 is 10.0 Å². The molecule has 0 N–H and O–H groups in total. The van der Waals surface area contributed by atoms with Gasteiger partial charge in [0, 0.05) is 26.4 Å². The molecule has 0 aliphatic rings. The molecule has 1 heterocycles. The lowest BCUT2D eigenvalue weighted by molar-refractivity contribution is 0.138. The fourth-order valence-electron chi connectivity index (χ4n) is 1.17. The highest BCUT2D eigenvalue weighted by atomic mass is 32.2. The van der Waals surface area contributed by atoms with Gasteiger partial charge in [0.05, 0.1) is 6.61 Å². The lowest BCUT2D eigenvalue weighted by Crippen LogP contribution is -2.31. The second-order valence-corrected chi connectivity index (χ2v) is 5.27. The van der Waals surface area contributed by atoms with E-state index in [1.807, 2.05) is 6.92 Å². The Morgan fingerprint density at radius 3 is 2.82 bits per heavy atom. The van der Waals surface area contributed by atoms with E-state index >= 15 is 0 Å². The Balaban J connectivity index is 2.85. The summed E-state index contributed by atoms with van der Waals surface area (Å²) in [6, 6.07) is 2.41. The van der Waals surface area contributed by atoms with Gasteiger partial charge in [0.25, 0.3) is 10.0 Å². The van der Waals surface area contributed by atoms with E-state index in [4.69, 9.17) is 4.74 Å². The summed E-state index contributed by atoms with van der Waals surface area (Å²) in [4.78, 5) is 3.55. The summed E-state index contributed by atoms with van der Waals surface area (Å²) < 4.78 is 43.2. The molecule has 0 atom stereocenters. The molecule has 0 fully saturated rings. The van der Waals surface area contributed by atoms with Crippen LogP contribution in [-0.4, -0.2) is 44.5 Å². The van der Waals surface area contributed by atoms with Crippen molar-refractivity contribution < 1.29 is 17.5 Å². The van der Waals surface area contributed by atoms with E-state index in [-0.39, 0.29) is 13.2 Å². The Hall–Kier alpha value is -1.05. The Morgan fingerprint density at radius 1 is 1.53 bits per heavy atom. The Labute approximate surface area is 100 Å². The van der Waals surface area contributed by atoms with Gasteiger partial charge in [-0.2, -0.15) is 4.31 Å². The summed E-state index contributed by atoms with van der Waals surface area (Å²) in [6.07, 6.45) is 1.24. The predicted molar refractivity (Wildman–Crippen MR) is 60.5 cm³/mol. The lowest BCUT2D eigenvalue weighted by atomic mass is 10.5. The van der Waals surface area contributed by atoms with E-state index in [0.717, 1.165) is 10.4 Å². The zero-order valence-electron chi connectivity index (χ0n) is 9.76. The van der Waals surface area contributed by atoms with Crippen LogP contribution in [0.5, 0.6) is 0 Å². The molecule has 0 saturated carbocycles. The van der Waals surface area contributed by atoms with Gasteiger partial charge >= 0.3 is 0 Å². The number of nitrogens with zero attached hydrogens (tertiary/aromatic N) is 2. The summed E-state index contributed by atoms with van der Waals surface area (Å²) in [5, 5.41) is -0.556. The smallest absolute Gasteiger partial charge is 0.263 e. The first kappa shape index (κ1) is 14.0. The zero-order valence-corrected chi connectivity index (χ0v) is 10.6. The molecule has 0 amide bonds. The van der Waals surface area contributed by atoms with Crippen molar-refractivity contribution in [1.29, 1.82) is 0 Å². The van der Waals surface area contributed by atoms with Gasteiger partial charge in [-0.1, -0.05) is 0 Å². The monoisotopic (exact) mass is 262 g/mol. The molecule has 96 valence electrons. The van der Waals surface area contributed by atoms with Crippen LogP contribution >= 0.6 is 0 Å². The molecule has 17 heavy (non-hydrogen) atoms. The fourth-order valence-corrected chi connectivity index (χ4v) is 2.28. The first-order chi connectivity index (χ1) is 8.00. The first-order valence-corrected chi connectivity index (χ1v) is 6.58. The molecule has 1 rings (SSSR count). The van der Waals surface area contributed by atoms with Gasteiger partial charge in [0.2, 0.25) is 5.03 Å². The third-order valence-electron chi connectivity index (χ3n) is 2.13. The van der Waals surface area contributed by atoms with Crippen LogP contribution in [0.1, 0.15) is 6.92 Å². The molecule has 7 heteroatoms. The van der Waals surface area contributed by atoms with Gasteiger partial charge in [0.15, 0.2) is 5.82 Å². The number of aromatic nitrogens is 1. The molecule has 1 aromatic heterocycles. The van der Waals surface area contributed by atoms with Crippen LogP contribution in [0.3, 0.4) is 0 Å². The van der Waals surface area contributed by atoms with E-state index in [1.54, 1.807) is 0 Å². The second-order valence-electron chi connectivity index (χ2n) is 3.31. The summed E-state index contributed by atoms with van der Waals surface area (Å²) >= 11 is 0. The lowest BCUT2D eigenvalue weighted by Gasteiger charge is -2.16. The van der Waals surface area contributed by atoms with Gasteiger partial charge in [-0.25, -0.2) is 17.8 Å². The highest BCUT2D eigenvalue weighted by molar-refractivity contribution is 7.89. The molecule has 0 bridgehead atoms. The predicted octanol–water partition coefficient (Wildman–Crippen LogP) is 0.878. The van der Waals surface area contributed by atoms with Crippen LogP contribution in [0.25, 0.3) is 0 Å². The van der Waals surface area contributed by atoms with Gasteiger partial charge < -0.3 is 4.74 Å². The third kappa shape index (κ3) is 3.45. The number of likely N-dealkylation sites (N-methyl/N-ethyl adjacent to an activating group) is 1. The van der Waals surface area contributed by atoms with Crippen molar-refractivity contribution in [2.45, 2.75) is 11.9 Å². The normalized spacial score (nSPS) is 12.0. The van der Waals surface area contributed by atoms with Gasteiger partial charge in [0.1, 0.15) is 0 Å². The molecule has 0 radical (unpaired) electrons. The highest BCUT2D eigenvalue weighted by Gasteiger charge is 2.25. The largest absolute Gasteiger partial charge is 0.380 e. The van der Waals surface area contributed by atoms with Crippen molar-refractivity contribution in [2.24, 2.45) is 0 Å². The molecule has 0 spiro atoms. The first-order valence-electron chi connectivity index (χ1n) is 5.14. The molecule has 0 aliphatic carbocycles. The maximum absolute atomic E-state index is 13.3. The summed E-state index contributed by atoms with van der Waals surface area (Å²) in [5.41, 5.74) is 0. The molecule has 0 aliphatic heterocycles. The number of sulfonamides is 1. The maximum atomic E-state index is 13.3. The van der Waals surface area contributed by atoms with Crippen LogP contribution < -0.4 is 0 Å². The molecule has 0 unspecified atom stereocenters. The Morgan fingerprint density at radius 2 is 2.24 bits per heavy atom. The summed E-state index contributed by atoms with van der Waals surface area (Å²) in [6.45, 7) is 2.74. The van der Waals surface area contributed by atoms with Crippen LogP contribution in [0.15, 0.2) is 23.4 Å². The maximum Gasteiger partial charge on any atom is 0.263 e. The number of hydrogen-bond acceptors (Lipinski definition) is 4. The van der Waals surface area contributed by atoms with Gasteiger partial charge in [-0.15, -0.1) is 0 Å². The standard InChI is InChI=1S/C10H15FN2O3S/c1-3-16-8-7-13(2)17(14,15)10-9(11)5-4-6-12-10/h4-6H,3,7-8H2,1-2H3. The van der Waals surface area contributed by atoms with Crippen LogP contribution in [0.4, 0.5) is 4.39 Å². The number of halogens is 1. The van der Waals surface area contributed by atoms with Gasteiger partial charge in [-0.3, -0.25) is 0 Å². The molecular formula is C10H15FN2O3S. The Bertz CT molecular complexity index is 464. The number of pyridine rings is 1. The molecule has 5 nitrogen and oxygen atoms in total. The van der Waals surface area contributed by atoms with Crippen molar-refractivity contribution in [3.05, 3.63) is 24.1 Å². The van der Waals surface area contributed by atoms with Crippen LogP contribution in [-0.2, 0) is 14.8 Å². The third-order valence-corrected chi connectivity index (χ3v) is 3.93. The van der Waals surface area contributed by atoms with E-state index < -0.39 is 20.9 Å². The number of ether oxygens (including phenoxy) is 1. The Kier molecular flexibility index (Phi) is 4.98. The highest BCUT2D eigenvalue weighted by Crippen LogP contribution is 2.14. The van der Waals surface area contributed by atoms with Crippen molar-refractivity contribution in [3.8, 4) is 0 Å². The minimum Gasteiger partial charge on any atom is -0.380 e. The second kappa shape index (κ2) is 6.04. The average Bonchev–Trinajstić information content (AvgIpc) is 2.29. The molecular weight excluding hydrogens is 247 g/mol. The summed E-state index contributed by atoms with van der Waals surface area (Å²) in [5.74, 6) is -0.851. The number of hydrogen-bond donors (Lipinski definition) is 0. The van der Waals surface area contributed by atoms with Gasteiger partial charge in [-0.05, 0) is 19.1 Å². The number of rotatable bonds is 6. The van der Waals surface area contributed by atoms with Crippen molar-refractivity contribution in [2.75, 3.05) is 26.8 Å². The van der Waals surface area contributed by atoms with E-state index in [0.29, 0.717) is 6.61 Å². The average molecular weight is 262 g/mol. The van der Waals surface area contributed by atoms with E-state index in [2.05, 4.69) is 4.98 Å². The molecule has 0 saturated heterocycles. The zero-order chi connectivity index (χ0) is 12.9. The SMILES string of the molecule is CCOCCN(C)S(=O)(=O)c1ncccc1F. The molecule has 0 aromatic carbocycles. The van der Waals surface area contributed by atoms with Crippen LogP contribution in [0.2, 0.25) is 0 Å². The molecule has 1 aromatic rings. The minimum absolute atomic E-state index is 0.159. The topological polar surface area (TPSA) is 59.5 Å². The fraction of sp³-hybridized carbons (Fsp3) is 0.500. The quantitative estimate of drug-likeness (QED) is 0.714. The van der Waals surface area contributed by atoms with Crippen LogP contribution in [0, 0.1) is 5.82 Å². The van der Waals surface area contributed by atoms with E-state index in [1.165, 1.54) is 19.3 Å². The minimum atomic E-state index is -3.88. The summed E-state index contributed by atoms with van der Waals surface area (Å²) in [7, 11) is -2.52. The van der Waals surface area contributed by atoms with Crippen molar-refractivity contribution in [1.82, 2.24) is 9.29 Å². The van der Waals surface area contributed by atoms with Crippen molar-refractivity contribution in [3.63, 3.8) is 0 Å². The van der Waals surface area contributed by atoms with E-state index in [9.17, 15) is 12.8 Å².